The van der Waals surface area contributed by atoms with Gasteiger partial charge in [-0.15, -0.1) is 11.8 Å². The Hall–Kier alpha value is -0.460. The van der Waals surface area contributed by atoms with Crippen LogP contribution in [0.25, 0.3) is 0 Å². The van der Waals surface area contributed by atoms with Crippen LogP contribution >= 0.6 is 23.4 Å². The zero-order chi connectivity index (χ0) is 11.5. The molecule has 84 valence electrons. The summed E-state index contributed by atoms with van der Waals surface area (Å²) in [6.45, 7) is -0.202. The molecule has 15 heavy (non-hydrogen) atoms. The van der Waals surface area contributed by atoms with Crippen molar-refractivity contribution < 1.29 is 18.3 Å². The molecule has 0 atom stereocenters. The first kappa shape index (κ1) is 12.6. The second-order valence-corrected chi connectivity index (χ2v) is 4.10. The second kappa shape index (κ2) is 5.05. The summed E-state index contributed by atoms with van der Waals surface area (Å²) in [6.07, 6.45) is -3.33. The Morgan fingerprint density at radius 1 is 1.47 bits per heavy atom. The number of hydrogen-bond acceptors (Lipinski definition) is 3. The van der Waals surface area contributed by atoms with Gasteiger partial charge in [-0.3, -0.25) is 0 Å². The molecule has 0 aliphatic rings. The van der Waals surface area contributed by atoms with E-state index in [4.69, 9.17) is 16.7 Å². The summed E-state index contributed by atoms with van der Waals surface area (Å²) < 4.78 is 37.4. The summed E-state index contributed by atoms with van der Waals surface area (Å²) in [5, 5.41) is 8.29. The number of pyridine rings is 1. The molecule has 1 aromatic rings. The molecule has 1 N–H and O–H groups in total. The molecule has 0 aliphatic heterocycles. The van der Waals surface area contributed by atoms with Gasteiger partial charge in [0.05, 0.1) is 17.2 Å². The van der Waals surface area contributed by atoms with Gasteiger partial charge in [0.2, 0.25) is 0 Å². The highest BCUT2D eigenvalue weighted by Gasteiger charge is 2.34. The monoisotopic (exact) mass is 257 g/mol. The van der Waals surface area contributed by atoms with E-state index in [0.717, 1.165) is 24.0 Å². The Kier molecular flexibility index (Phi) is 4.24. The van der Waals surface area contributed by atoms with E-state index in [2.05, 4.69) is 4.98 Å². The number of aromatic nitrogens is 1. The molecule has 0 saturated carbocycles. The highest BCUT2D eigenvalue weighted by atomic mass is 35.5. The van der Waals surface area contributed by atoms with Gasteiger partial charge in [0, 0.05) is 11.9 Å². The fraction of sp³-hybridized carbons (Fsp3) is 0.375. The van der Waals surface area contributed by atoms with Crippen LogP contribution in [-0.4, -0.2) is 22.5 Å². The number of alkyl halides is 3. The summed E-state index contributed by atoms with van der Waals surface area (Å²) in [7, 11) is 0. The van der Waals surface area contributed by atoms with E-state index in [0.29, 0.717) is 0 Å². The van der Waals surface area contributed by atoms with Gasteiger partial charge >= 0.3 is 6.18 Å². The van der Waals surface area contributed by atoms with Crippen LogP contribution in [0.3, 0.4) is 0 Å². The molecule has 2 nitrogen and oxygen atoms in total. The molecular formula is C8H7ClF3NOS. The SMILES string of the molecule is OCCSc1ncc(Cl)cc1C(F)(F)F. The smallest absolute Gasteiger partial charge is 0.396 e. The summed E-state index contributed by atoms with van der Waals surface area (Å²) in [5.41, 5.74) is -0.867. The van der Waals surface area contributed by atoms with Crippen LogP contribution in [0.4, 0.5) is 13.2 Å². The van der Waals surface area contributed by atoms with Crippen LogP contribution in [0.1, 0.15) is 5.56 Å². The lowest BCUT2D eigenvalue weighted by molar-refractivity contribution is -0.140. The summed E-state index contributed by atoms with van der Waals surface area (Å²) >= 11 is 6.28. The Labute approximate surface area is 93.5 Å². The zero-order valence-corrected chi connectivity index (χ0v) is 8.96. The van der Waals surface area contributed by atoms with Crippen molar-refractivity contribution in [2.75, 3.05) is 12.4 Å². The normalized spacial score (nSPS) is 11.8. The van der Waals surface area contributed by atoms with E-state index in [-0.39, 0.29) is 22.4 Å². The third kappa shape index (κ3) is 3.55. The summed E-state index contributed by atoms with van der Waals surface area (Å²) in [6, 6.07) is 0.828. The maximum absolute atomic E-state index is 12.5. The van der Waals surface area contributed by atoms with Crippen LogP contribution in [0.15, 0.2) is 17.3 Å². The molecule has 0 fully saturated rings. The lowest BCUT2D eigenvalue weighted by Crippen LogP contribution is -2.08. The fourth-order valence-corrected chi connectivity index (χ4v) is 1.79. The molecular weight excluding hydrogens is 251 g/mol. The minimum atomic E-state index is -4.48. The van der Waals surface area contributed by atoms with Gasteiger partial charge in [-0.25, -0.2) is 4.98 Å². The van der Waals surface area contributed by atoms with Gasteiger partial charge in [-0.05, 0) is 6.07 Å². The molecule has 1 rings (SSSR count). The number of hydrogen-bond donors (Lipinski definition) is 1. The highest BCUT2D eigenvalue weighted by molar-refractivity contribution is 7.99. The highest BCUT2D eigenvalue weighted by Crippen LogP contribution is 2.36. The van der Waals surface area contributed by atoms with Crippen molar-refractivity contribution in [2.24, 2.45) is 0 Å². The third-order valence-electron chi connectivity index (χ3n) is 1.45. The molecule has 0 amide bonds. The van der Waals surface area contributed by atoms with Crippen LogP contribution in [0, 0.1) is 0 Å². The molecule has 0 spiro atoms. The van der Waals surface area contributed by atoms with E-state index in [9.17, 15) is 13.2 Å². The standard InChI is InChI=1S/C8H7ClF3NOS/c9-5-3-6(8(10,11)12)7(13-4-5)15-2-1-14/h3-4,14H,1-2H2. The van der Waals surface area contributed by atoms with Crippen LogP contribution in [0.5, 0.6) is 0 Å². The van der Waals surface area contributed by atoms with Crippen molar-refractivity contribution >= 4 is 23.4 Å². The molecule has 0 radical (unpaired) electrons. The van der Waals surface area contributed by atoms with E-state index in [1.165, 1.54) is 0 Å². The van der Waals surface area contributed by atoms with Crippen LogP contribution in [-0.2, 0) is 6.18 Å². The van der Waals surface area contributed by atoms with Gasteiger partial charge in [-0.1, -0.05) is 11.6 Å². The largest absolute Gasteiger partial charge is 0.419 e. The van der Waals surface area contributed by atoms with Gasteiger partial charge in [0.25, 0.3) is 0 Å². The summed E-state index contributed by atoms with van der Waals surface area (Å²) in [5.74, 6) is 0.164. The van der Waals surface area contributed by atoms with Crippen molar-refractivity contribution in [1.29, 1.82) is 0 Å². The maximum atomic E-state index is 12.5. The molecule has 0 aliphatic carbocycles. The molecule has 0 unspecified atom stereocenters. The van der Waals surface area contributed by atoms with E-state index >= 15 is 0 Å². The number of aliphatic hydroxyl groups excluding tert-OH is 1. The first-order chi connectivity index (χ1) is 6.95. The van der Waals surface area contributed by atoms with Crippen molar-refractivity contribution in [3.63, 3.8) is 0 Å². The van der Waals surface area contributed by atoms with Gasteiger partial charge in [0.15, 0.2) is 0 Å². The average molecular weight is 258 g/mol. The van der Waals surface area contributed by atoms with Crippen molar-refractivity contribution in [2.45, 2.75) is 11.2 Å². The lowest BCUT2D eigenvalue weighted by atomic mass is 10.3. The van der Waals surface area contributed by atoms with E-state index in [1.807, 2.05) is 0 Å². The topological polar surface area (TPSA) is 33.1 Å². The lowest BCUT2D eigenvalue weighted by Gasteiger charge is -2.11. The molecule has 0 saturated heterocycles. The van der Waals surface area contributed by atoms with Crippen molar-refractivity contribution in [3.8, 4) is 0 Å². The molecule has 1 heterocycles. The van der Waals surface area contributed by atoms with Crippen LogP contribution < -0.4 is 0 Å². The number of rotatable bonds is 3. The van der Waals surface area contributed by atoms with Gasteiger partial charge in [-0.2, -0.15) is 13.2 Å². The molecule has 7 heteroatoms. The minimum Gasteiger partial charge on any atom is -0.396 e. The summed E-state index contributed by atoms with van der Waals surface area (Å²) in [4.78, 5) is 3.58. The second-order valence-electron chi connectivity index (χ2n) is 2.58. The van der Waals surface area contributed by atoms with Gasteiger partial charge < -0.3 is 5.11 Å². The third-order valence-corrected chi connectivity index (χ3v) is 2.65. The zero-order valence-electron chi connectivity index (χ0n) is 7.38. The quantitative estimate of drug-likeness (QED) is 0.846. The van der Waals surface area contributed by atoms with Gasteiger partial charge in [0.1, 0.15) is 5.03 Å². The Morgan fingerprint density at radius 3 is 2.67 bits per heavy atom. The number of nitrogens with zero attached hydrogens (tertiary/aromatic N) is 1. The minimum absolute atomic E-state index is 0.0596. The Balaban J connectivity index is 3.04. The van der Waals surface area contributed by atoms with Crippen LogP contribution in [0.2, 0.25) is 5.02 Å². The predicted molar refractivity (Wildman–Crippen MR) is 52.1 cm³/mol. The molecule has 1 aromatic heterocycles. The number of thioether (sulfide) groups is 1. The van der Waals surface area contributed by atoms with Crippen molar-refractivity contribution in [3.05, 3.63) is 22.8 Å². The average Bonchev–Trinajstić information content (AvgIpc) is 2.14. The predicted octanol–water partition coefficient (Wildman–Crippen LogP) is 2.84. The van der Waals surface area contributed by atoms with E-state index in [1.54, 1.807) is 0 Å². The molecule has 0 aromatic carbocycles. The van der Waals surface area contributed by atoms with Crippen molar-refractivity contribution in [1.82, 2.24) is 4.98 Å². The fourth-order valence-electron chi connectivity index (χ4n) is 0.887. The Morgan fingerprint density at radius 2 is 2.13 bits per heavy atom. The molecule has 0 bridgehead atoms. The Bertz CT molecular complexity index is 345. The number of aliphatic hydroxyl groups is 1. The maximum Gasteiger partial charge on any atom is 0.419 e. The van der Waals surface area contributed by atoms with E-state index < -0.39 is 11.7 Å². The first-order valence-corrected chi connectivity index (χ1v) is 5.28. The first-order valence-electron chi connectivity index (χ1n) is 3.91. The number of halogens is 4.